The van der Waals surface area contributed by atoms with Crippen LogP contribution in [0.4, 0.5) is 0 Å². The zero-order valence-electron chi connectivity index (χ0n) is 14.1. The van der Waals surface area contributed by atoms with Crippen LogP contribution < -0.4 is 9.47 Å². The average molecular weight is 350 g/mol. The molecular formula is C18H22O7. The van der Waals surface area contributed by atoms with Gasteiger partial charge in [0.05, 0.1) is 31.5 Å². The van der Waals surface area contributed by atoms with Crippen LogP contribution >= 0.6 is 0 Å². The Morgan fingerprint density at radius 1 is 1.28 bits per heavy atom. The molecule has 0 fully saturated rings. The van der Waals surface area contributed by atoms with E-state index in [2.05, 4.69) is 4.74 Å². The third kappa shape index (κ3) is 5.15. The molecule has 0 unspecified atom stereocenters. The third-order valence-electron chi connectivity index (χ3n) is 3.30. The highest BCUT2D eigenvalue weighted by atomic mass is 16.6. The minimum atomic E-state index is -0.157. The zero-order chi connectivity index (χ0) is 18.1. The van der Waals surface area contributed by atoms with Gasteiger partial charge in [-0.25, -0.2) is 0 Å². The Kier molecular flexibility index (Phi) is 7.16. The van der Waals surface area contributed by atoms with Crippen molar-refractivity contribution in [3.05, 3.63) is 41.9 Å². The normalized spacial score (nSPS) is 14.9. The number of fused-ring (bicyclic) bond motifs is 1. The highest BCUT2D eigenvalue weighted by molar-refractivity contribution is 5.73. The fourth-order valence-corrected chi connectivity index (χ4v) is 2.17. The summed E-state index contributed by atoms with van der Waals surface area (Å²) in [5.74, 6) is 1.45. The molecule has 0 atom stereocenters. The number of benzene rings is 1. The Hall–Kier alpha value is -2.67. The molecule has 25 heavy (non-hydrogen) atoms. The maximum Gasteiger partial charge on any atom is 0.314 e. The quantitative estimate of drug-likeness (QED) is 0.601. The van der Waals surface area contributed by atoms with Gasteiger partial charge < -0.3 is 29.2 Å². The average Bonchev–Trinajstić information content (AvgIpc) is 3.10. The number of ether oxygens (including phenoxy) is 4. The second-order valence-electron chi connectivity index (χ2n) is 5.12. The van der Waals surface area contributed by atoms with Gasteiger partial charge >= 0.3 is 5.97 Å². The lowest BCUT2D eigenvalue weighted by Gasteiger charge is -2.22. The fourth-order valence-electron chi connectivity index (χ4n) is 2.17. The number of para-hydroxylation sites is 1. The van der Waals surface area contributed by atoms with Crippen LogP contribution in [-0.4, -0.2) is 42.6 Å². The molecule has 1 aromatic carbocycles. The molecule has 7 nitrogen and oxygen atoms in total. The Morgan fingerprint density at radius 3 is 2.72 bits per heavy atom. The molecular weight excluding hydrogens is 328 g/mol. The van der Waals surface area contributed by atoms with Gasteiger partial charge in [-0.05, 0) is 25.1 Å². The minimum Gasteiger partial charge on any atom is -0.504 e. The van der Waals surface area contributed by atoms with Crippen LogP contribution in [0.3, 0.4) is 0 Å². The first kappa shape index (κ1) is 18.7. The maximum atomic E-state index is 10.1. The molecule has 0 bridgehead atoms. The molecule has 2 aliphatic heterocycles. The molecule has 1 aromatic rings. The predicted octanol–water partition coefficient (Wildman–Crippen LogP) is 2.55. The summed E-state index contributed by atoms with van der Waals surface area (Å²) in [6, 6.07) is 5.30. The Morgan fingerprint density at radius 2 is 2.12 bits per heavy atom. The summed E-state index contributed by atoms with van der Waals surface area (Å²) >= 11 is 0. The molecule has 0 aromatic heterocycles. The van der Waals surface area contributed by atoms with Crippen LogP contribution in [0.2, 0.25) is 0 Å². The van der Waals surface area contributed by atoms with Crippen molar-refractivity contribution in [1.29, 1.82) is 0 Å². The van der Waals surface area contributed by atoms with Crippen LogP contribution in [-0.2, 0) is 14.3 Å². The lowest BCUT2D eigenvalue weighted by molar-refractivity contribution is -0.135. The number of aliphatic hydroxyl groups excluding tert-OH is 2. The summed E-state index contributed by atoms with van der Waals surface area (Å²) in [6.45, 7) is 3.00. The SMILES string of the molecule is CCOC1=C(O)c2cccc(OCCCO)c2OC1.O=C1CC=CO1. The number of carbonyl (C=O) groups is 1. The van der Waals surface area contributed by atoms with E-state index in [1.807, 2.05) is 6.92 Å². The topological polar surface area (TPSA) is 94.5 Å². The molecule has 2 N–H and O–H groups in total. The van der Waals surface area contributed by atoms with Crippen LogP contribution in [0.1, 0.15) is 25.3 Å². The smallest absolute Gasteiger partial charge is 0.314 e. The molecule has 0 amide bonds. The van der Waals surface area contributed by atoms with E-state index >= 15 is 0 Å². The lowest BCUT2D eigenvalue weighted by Crippen LogP contribution is -2.15. The summed E-state index contributed by atoms with van der Waals surface area (Å²) in [7, 11) is 0. The van der Waals surface area contributed by atoms with E-state index in [1.54, 1.807) is 24.3 Å². The molecule has 0 radical (unpaired) electrons. The van der Waals surface area contributed by atoms with Gasteiger partial charge in [-0.15, -0.1) is 0 Å². The van der Waals surface area contributed by atoms with Crippen molar-refractivity contribution >= 4 is 11.7 Å². The number of rotatable bonds is 6. The number of cyclic esters (lactones) is 1. The lowest BCUT2D eigenvalue weighted by atomic mass is 10.1. The molecule has 7 heteroatoms. The second kappa shape index (κ2) is 9.58. The van der Waals surface area contributed by atoms with Crippen molar-refractivity contribution in [2.75, 3.05) is 26.4 Å². The van der Waals surface area contributed by atoms with Crippen molar-refractivity contribution in [2.24, 2.45) is 0 Å². The minimum absolute atomic E-state index is 0.0789. The fraction of sp³-hybridized carbons (Fsp3) is 0.389. The van der Waals surface area contributed by atoms with Gasteiger partial charge in [0.15, 0.2) is 23.0 Å². The van der Waals surface area contributed by atoms with E-state index in [-0.39, 0.29) is 24.9 Å². The maximum absolute atomic E-state index is 10.1. The molecule has 2 heterocycles. The Labute approximate surface area is 146 Å². The van der Waals surface area contributed by atoms with Crippen molar-refractivity contribution in [2.45, 2.75) is 19.8 Å². The highest BCUT2D eigenvalue weighted by Crippen LogP contribution is 2.39. The van der Waals surface area contributed by atoms with Crippen molar-refractivity contribution in [1.82, 2.24) is 0 Å². The third-order valence-corrected chi connectivity index (χ3v) is 3.30. The van der Waals surface area contributed by atoms with Crippen molar-refractivity contribution in [3.8, 4) is 11.5 Å². The second-order valence-corrected chi connectivity index (χ2v) is 5.12. The summed E-state index contributed by atoms with van der Waals surface area (Å²) < 4.78 is 20.8. The Bertz CT molecular complexity index is 639. The van der Waals surface area contributed by atoms with E-state index in [1.165, 1.54) is 6.26 Å². The van der Waals surface area contributed by atoms with E-state index in [4.69, 9.17) is 19.3 Å². The Balaban J connectivity index is 0.000000316. The molecule has 0 saturated heterocycles. The van der Waals surface area contributed by atoms with Gasteiger partial charge in [0.25, 0.3) is 0 Å². The number of carbonyl (C=O) groups excluding carboxylic acids is 1. The van der Waals surface area contributed by atoms with Crippen LogP contribution in [0.5, 0.6) is 11.5 Å². The largest absolute Gasteiger partial charge is 0.504 e. The van der Waals surface area contributed by atoms with E-state index in [0.29, 0.717) is 48.9 Å². The molecule has 2 aliphatic rings. The molecule has 3 rings (SSSR count). The monoisotopic (exact) mass is 350 g/mol. The van der Waals surface area contributed by atoms with E-state index in [9.17, 15) is 9.90 Å². The van der Waals surface area contributed by atoms with Crippen LogP contribution in [0.15, 0.2) is 36.3 Å². The molecule has 136 valence electrons. The van der Waals surface area contributed by atoms with E-state index in [0.717, 1.165) is 0 Å². The number of esters is 1. The first-order valence-electron chi connectivity index (χ1n) is 8.06. The summed E-state index contributed by atoms with van der Waals surface area (Å²) in [5, 5.41) is 18.9. The summed E-state index contributed by atoms with van der Waals surface area (Å²) in [4.78, 5) is 9.96. The number of hydrogen-bond acceptors (Lipinski definition) is 7. The van der Waals surface area contributed by atoms with Gasteiger partial charge in [-0.1, -0.05) is 6.07 Å². The van der Waals surface area contributed by atoms with Gasteiger partial charge in [0.1, 0.15) is 6.61 Å². The van der Waals surface area contributed by atoms with E-state index < -0.39 is 0 Å². The standard InChI is InChI=1S/C14H18O5.C4H4O2/c1-2-17-12-9-19-14-10(13(12)16)5-3-6-11(14)18-8-4-7-15;5-4-2-1-3-6-4/h3,5-6,15-16H,2,4,7-9H2,1H3;1,3H,2H2. The van der Waals surface area contributed by atoms with Crippen LogP contribution in [0, 0.1) is 0 Å². The van der Waals surface area contributed by atoms with Crippen LogP contribution in [0.25, 0.3) is 5.76 Å². The van der Waals surface area contributed by atoms with Crippen molar-refractivity contribution in [3.63, 3.8) is 0 Å². The predicted molar refractivity (Wildman–Crippen MR) is 90.2 cm³/mol. The van der Waals surface area contributed by atoms with Crippen molar-refractivity contribution < 1.29 is 34.0 Å². The molecule has 0 spiro atoms. The van der Waals surface area contributed by atoms with Gasteiger partial charge in [-0.2, -0.15) is 0 Å². The highest BCUT2D eigenvalue weighted by Gasteiger charge is 2.23. The zero-order valence-corrected chi connectivity index (χ0v) is 14.1. The first-order chi connectivity index (χ1) is 12.2. The summed E-state index contributed by atoms with van der Waals surface area (Å²) in [5.41, 5.74) is 0.566. The number of aliphatic hydroxyl groups is 2. The first-order valence-corrected chi connectivity index (χ1v) is 8.06. The summed E-state index contributed by atoms with van der Waals surface area (Å²) in [6.07, 6.45) is 4.08. The molecule has 0 aliphatic carbocycles. The number of hydrogen-bond donors (Lipinski definition) is 2. The van der Waals surface area contributed by atoms with Gasteiger partial charge in [-0.3, -0.25) is 4.79 Å². The molecule has 0 saturated carbocycles. The van der Waals surface area contributed by atoms with Gasteiger partial charge in [0.2, 0.25) is 0 Å². The van der Waals surface area contributed by atoms with Gasteiger partial charge in [0, 0.05) is 13.0 Å².